The van der Waals surface area contributed by atoms with Gasteiger partial charge in [-0.05, 0) is 50.0 Å². The summed E-state index contributed by atoms with van der Waals surface area (Å²) in [6.45, 7) is 8.00. The molecule has 3 heteroatoms. The normalized spacial score (nSPS) is 17.8. The van der Waals surface area contributed by atoms with Crippen LogP contribution in [0.25, 0.3) is 0 Å². The molecule has 0 amide bonds. The molecule has 1 aliphatic heterocycles. The smallest absolute Gasteiger partial charge is 0.161 e. The molecule has 2 rings (SSSR count). The van der Waals surface area contributed by atoms with Crippen molar-refractivity contribution in [2.24, 2.45) is 5.92 Å². The van der Waals surface area contributed by atoms with Gasteiger partial charge >= 0.3 is 0 Å². The summed E-state index contributed by atoms with van der Waals surface area (Å²) in [6, 6.07) is 6.38. The van der Waals surface area contributed by atoms with E-state index in [1.54, 1.807) is 0 Å². The Balaban J connectivity index is 1.79. The van der Waals surface area contributed by atoms with E-state index in [2.05, 4.69) is 37.4 Å². The second-order valence-electron chi connectivity index (χ2n) is 5.67. The van der Waals surface area contributed by atoms with Crippen LogP contribution in [0.4, 0.5) is 0 Å². The molecular weight excluding hydrogens is 250 g/mol. The SMILES string of the molecule is CCNCCCCCc1ccc2c(c1)OCC(C)CO2. The van der Waals surface area contributed by atoms with Crippen LogP contribution >= 0.6 is 0 Å². The monoisotopic (exact) mass is 277 g/mol. The van der Waals surface area contributed by atoms with Gasteiger partial charge in [0.1, 0.15) is 0 Å². The van der Waals surface area contributed by atoms with Crippen molar-refractivity contribution in [3.05, 3.63) is 23.8 Å². The van der Waals surface area contributed by atoms with Gasteiger partial charge in [0.05, 0.1) is 13.2 Å². The van der Waals surface area contributed by atoms with E-state index in [9.17, 15) is 0 Å². The van der Waals surface area contributed by atoms with Gasteiger partial charge < -0.3 is 14.8 Å². The second kappa shape index (κ2) is 8.15. The van der Waals surface area contributed by atoms with Gasteiger partial charge in [0.2, 0.25) is 0 Å². The third-order valence-corrected chi connectivity index (χ3v) is 3.62. The average molecular weight is 277 g/mol. The molecular formula is C17H27NO2. The van der Waals surface area contributed by atoms with Crippen LogP contribution in [0.3, 0.4) is 0 Å². The van der Waals surface area contributed by atoms with Crippen molar-refractivity contribution >= 4 is 0 Å². The first kappa shape index (κ1) is 15.2. The van der Waals surface area contributed by atoms with Crippen molar-refractivity contribution in [2.45, 2.75) is 39.5 Å². The van der Waals surface area contributed by atoms with Gasteiger partial charge in [0.25, 0.3) is 0 Å². The maximum atomic E-state index is 5.83. The molecule has 1 aromatic rings. The fourth-order valence-corrected chi connectivity index (χ4v) is 2.38. The fraction of sp³-hybridized carbons (Fsp3) is 0.647. The summed E-state index contributed by atoms with van der Waals surface area (Å²) < 4.78 is 11.6. The number of hydrogen-bond acceptors (Lipinski definition) is 3. The van der Waals surface area contributed by atoms with Gasteiger partial charge in [-0.1, -0.05) is 26.3 Å². The Morgan fingerprint density at radius 3 is 2.70 bits per heavy atom. The fourth-order valence-electron chi connectivity index (χ4n) is 2.38. The van der Waals surface area contributed by atoms with E-state index < -0.39 is 0 Å². The number of fused-ring (bicyclic) bond motifs is 1. The third-order valence-electron chi connectivity index (χ3n) is 3.62. The Morgan fingerprint density at radius 2 is 1.90 bits per heavy atom. The summed E-state index contributed by atoms with van der Waals surface area (Å²) in [7, 11) is 0. The Bertz CT molecular complexity index is 406. The van der Waals surface area contributed by atoms with E-state index in [1.807, 2.05) is 0 Å². The molecule has 0 saturated carbocycles. The molecule has 1 heterocycles. The van der Waals surface area contributed by atoms with Crippen LogP contribution in [0.15, 0.2) is 18.2 Å². The largest absolute Gasteiger partial charge is 0.489 e. The molecule has 0 spiro atoms. The first-order valence-electron chi connectivity index (χ1n) is 7.89. The van der Waals surface area contributed by atoms with E-state index in [1.165, 1.54) is 24.8 Å². The molecule has 20 heavy (non-hydrogen) atoms. The Hall–Kier alpha value is -1.22. The zero-order chi connectivity index (χ0) is 14.2. The van der Waals surface area contributed by atoms with Crippen LogP contribution in [0, 0.1) is 5.92 Å². The number of unbranched alkanes of at least 4 members (excludes halogenated alkanes) is 2. The molecule has 0 aliphatic carbocycles. The van der Waals surface area contributed by atoms with E-state index >= 15 is 0 Å². The molecule has 0 bridgehead atoms. The second-order valence-corrected chi connectivity index (χ2v) is 5.67. The Labute approximate surface area is 122 Å². The highest BCUT2D eigenvalue weighted by Crippen LogP contribution is 2.31. The van der Waals surface area contributed by atoms with Crippen LogP contribution in [-0.2, 0) is 6.42 Å². The lowest BCUT2D eigenvalue weighted by Gasteiger charge is -2.09. The molecule has 1 atom stereocenters. The number of benzene rings is 1. The summed E-state index contributed by atoms with van der Waals surface area (Å²) in [5, 5.41) is 3.36. The van der Waals surface area contributed by atoms with Crippen molar-refractivity contribution in [2.75, 3.05) is 26.3 Å². The molecule has 1 unspecified atom stereocenters. The quantitative estimate of drug-likeness (QED) is 0.775. The lowest BCUT2D eigenvalue weighted by molar-refractivity contribution is 0.228. The van der Waals surface area contributed by atoms with Gasteiger partial charge in [-0.2, -0.15) is 0 Å². The lowest BCUT2D eigenvalue weighted by atomic mass is 10.1. The minimum atomic E-state index is 0.455. The number of hydrogen-bond donors (Lipinski definition) is 1. The lowest BCUT2D eigenvalue weighted by Crippen LogP contribution is -2.13. The van der Waals surface area contributed by atoms with Gasteiger partial charge in [0.15, 0.2) is 11.5 Å². The first-order valence-corrected chi connectivity index (χ1v) is 7.89. The third kappa shape index (κ3) is 4.71. The maximum Gasteiger partial charge on any atom is 0.161 e. The van der Waals surface area contributed by atoms with E-state index in [-0.39, 0.29) is 0 Å². The molecule has 3 nitrogen and oxygen atoms in total. The molecule has 0 radical (unpaired) electrons. The summed E-state index contributed by atoms with van der Waals surface area (Å²) in [4.78, 5) is 0. The summed E-state index contributed by atoms with van der Waals surface area (Å²) in [5.74, 6) is 2.27. The average Bonchev–Trinajstić information content (AvgIpc) is 2.65. The molecule has 0 aromatic heterocycles. The highest BCUT2D eigenvalue weighted by molar-refractivity contribution is 5.43. The molecule has 0 saturated heterocycles. The summed E-state index contributed by atoms with van der Waals surface area (Å²) in [5.41, 5.74) is 1.35. The number of rotatable bonds is 7. The van der Waals surface area contributed by atoms with Crippen molar-refractivity contribution in [3.63, 3.8) is 0 Å². The molecule has 1 N–H and O–H groups in total. The highest BCUT2D eigenvalue weighted by Gasteiger charge is 2.14. The van der Waals surface area contributed by atoms with Crippen LogP contribution in [0.5, 0.6) is 11.5 Å². The van der Waals surface area contributed by atoms with Crippen LogP contribution in [-0.4, -0.2) is 26.3 Å². The van der Waals surface area contributed by atoms with Crippen molar-refractivity contribution in [3.8, 4) is 11.5 Å². The Kier molecular flexibility index (Phi) is 6.19. The summed E-state index contributed by atoms with van der Waals surface area (Å²) >= 11 is 0. The van der Waals surface area contributed by atoms with Gasteiger partial charge in [-0.3, -0.25) is 0 Å². The molecule has 0 fully saturated rings. The summed E-state index contributed by atoms with van der Waals surface area (Å²) in [6.07, 6.45) is 4.90. The van der Waals surface area contributed by atoms with Crippen LogP contribution in [0.1, 0.15) is 38.7 Å². The van der Waals surface area contributed by atoms with Crippen LogP contribution < -0.4 is 14.8 Å². The van der Waals surface area contributed by atoms with Crippen LogP contribution in [0.2, 0.25) is 0 Å². The molecule has 1 aliphatic rings. The number of ether oxygens (including phenoxy) is 2. The van der Waals surface area contributed by atoms with Crippen molar-refractivity contribution in [1.82, 2.24) is 5.32 Å². The topological polar surface area (TPSA) is 30.5 Å². The zero-order valence-corrected chi connectivity index (χ0v) is 12.8. The van der Waals surface area contributed by atoms with E-state index in [4.69, 9.17) is 9.47 Å². The van der Waals surface area contributed by atoms with Gasteiger partial charge in [-0.25, -0.2) is 0 Å². The van der Waals surface area contributed by atoms with Crippen molar-refractivity contribution in [1.29, 1.82) is 0 Å². The minimum absolute atomic E-state index is 0.455. The first-order chi connectivity index (χ1) is 9.79. The zero-order valence-electron chi connectivity index (χ0n) is 12.8. The predicted octanol–water partition coefficient (Wildman–Crippen LogP) is 3.42. The maximum absolute atomic E-state index is 5.83. The number of nitrogens with one attached hydrogen (secondary N) is 1. The minimum Gasteiger partial charge on any atom is -0.489 e. The molecule has 112 valence electrons. The molecule has 1 aromatic carbocycles. The predicted molar refractivity (Wildman–Crippen MR) is 82.7 cm³/mol. The van der Waals surface area contributed by atoms with Crippen molar-refractivity contribution < 1.29 is 9.47 Å². The van der Waals surface area contributed by atoms with E-state index in [0.717, 1.165) is 44.2 Å². The standard InChI is InChI=1S/C17H27NO2/c1-3-18-10-6-4-5-7-15-8-9-16-17(11-15)20-13-14(2)12-19-16/h8-9,11,14,18H,3-7,10,12-13H2,1-2H3. The van der Waals surface area contributed by atoms with E-state index in [0.29, 0.717) is 5.92 Å². The van der Waals surface area contributed by atoms with Gasteiger partial charge in [-0.15, -0.1) is 0 Å². The number of aryl methyl sites for hydroxylation is 1. The Morgan fingerprint density at radius 1 is 1.10 bits per heavy atom. The highest BCUT2D eigenvalue weighted by atomic mass is 16.5. The van der Waals surface area contributed by atoms with Gasteiger partial charge in [0, 0.05) is 5.92 Å².